The minimum absolute atomic E-state index is 0.154. The van der Waals surface area contributed by atoms with Crippen molar-refractivity contribution in [1.29, 1.82) is 5.26 Å². The Morgan fingerprint density at radius 1 is 1.15 bits per heavy atom. The van der Waals surface area contributed by atoms with Crippen LogP contribution >= 0.6 is 0 Å². The van der Waals surface area contributed by atoms with E-state index in [0.29, 0.717) is 18.5 Å². The molecule has 0 saturated heterocycles. The van der Waals surface area contributed by atoms with Gasteiger partial charge in [-0.05, 0) is 73.1 Å². The molecule has 0 aliphatic heterocycles. The quantitative estimate of drug-likeness (QED) is 0.840. The first-order chi connectivity index (χ1) is 12.7. The van der Waals surface area contributed by atoms with Gasteiger partial charge in [-0.15, -0.1) is 0 Å². The topological polar surface area (TPSA) is 62.1 Å². The summed E-state index contributed by atoms with van der Waals surface area (Å²) in [6.45, 7) is 1.94. The van der Waals surface area contributed by atoms with Crippen LogP contribution in [0.3, 0.4) is 0 Å². The Balaban J connectivity index is 1.64. The molecule has 0 saturated carbocycles. The molecule has 4 nitrogen and oxygen atoms in total. The summed E-state index contributed by atoms with van der Waals surface area (Å²) in [5.41, 5.74) is 4.39. The van der Waals surface area contributed by atoms with E-state index in [2.05, 4.69) is 23.5 Å². The van der Waals surface area contributed by atoms with Crippen molar-refractivity contribution in [3.05, 3.63) is 59.2 Å². The summed E-state index contributed by atoms with van der Waals surface area (Å²) in [4.78, 5) is 12.6. The molecule has 0 fully saturated rings. The van der Waals surface area contributed by atoms with E-state index in [1.165, 1.54) is 24.0 Å². The van der Waals surface area contributed by atoms with Crippen LogP contribution in [-0.4, -0.2) is 12.0 Å². The van der Waals surface area contributed by atoms with Crippen molar-refractivity contribution < 1.29 is 9.53 Å². The van der Waals surface area contributed by atoms with E-state index in [-0.39, 0.29) is 5.91 Å². The number of nitriles is 1. The fraction of sp³-hybridized carbons (Fsp3) is 0.364. The summed E-state index contributed by atoms with van der Waals surface area (Å²) < 4.78 is 5.97. The highest BCUT2D eigenvalue weighted by Gasteiger charge is 2.19. The number of aryl methyl sites for hydroxylation is 2. The average molecular weight is 348 g/mol. The van der Waals surface area contributed by atoms with Crippen LogP contribution < -0.4 is 10.1 Å². The molecule has 1 aliphatic carbocycles. The minimum atomic E-state index is -0.532. The van der Waals surface area contributed by atoms with Crippen molar-refractivity contribution in [3.63, 3.8) is 0 Å². The number of nitrogens with zero attached hydrogens (tertiary/aromatic N) is 1. The zero-order valence-electron chi connectivity index (χ0n) is 15.1. The van der Waals surface area contributed by atoms with E-state index in [9.17, 15) is 4.79 Å². The van der Waals surface area contributed by atoms with Gasteiger partial charge in [0.25, 0.3) is 5.91 Å². The number of hydrogen-bond acceptors (Lipinski definition) is 3. The molecule has 0 aromatic heterocycles. The third-order valence-electron chi connectivity index (χ3n) is 4.77. The zero-order valence-corrected chi connectivity index (χ0v) is 15.1. The SMILES string of the molecule is CC[C@@H](Oc1ccc2c(c1)CCCC2)C(=O)Nc1ccc(CC#N)cc1. The van der Waals surface area contributed by atoms with E-state index in [1.807, 2.05) is 37.3 Å². The van der Waals surface area contributed by atoms with Gasteiger partial charge in [-0.3, -0.25) is 4.79 Å². The molecule has 3 rings (SSSR count). The Bertz CT molecular complexity index is 806. The Kier molecular flexibility index (Phi) is 5.91. The molecule has 0 heterocycles. The van der Waals surface area contributed by atoms with Gasteiger partial charge in [-0.1, -0.05) is 25.1 Å². The summed E-state index contributed by atoms with van der Waals surface area (Å²) >= 11 is 0. The third-order valence-corrected chi connectivity index (χ3v) is 4.77. The van der Waals surface area contributed by atoms with Crippen molar-refractivity contribution in [2.24, 2.45) is 0 Å². The molecular weight excluding hydrogens is 324 g/mol. The molecule has 26 heavy (non-hydrogen) atoms. The van der Waals surface area contributed by atoms with Crippen LogP contribution in [0, 0.1) is 11.3 Å². The smallest absolute Gasteiger partial charge is 0.265 e. The molecule has 134 valence electrons. The maximum atomic E-state index is 12.6. The molecule has 0 bridgehead atoms. The number of carbonyl (C=O) groups is 1. The van der Waals surface area contributed by atoms with Gasteiger partial charge in [-0.25, -0.2) is 0 Å². The van der Waals surface area contributed by atoms with Crippen LogP contribution in [0.1, 0.15) is 42.9 Å². The monoisotopic (exact) mass is 348 g/mol. The predicted octanol–water partition coefficient (Wildman–Crippen LogP) is 4.43. The molecule has 1 atom stereocenters. The fourth-order valence-corrected chi connectivity index (χ4v) is 3.29. The first kappa shape index (κ1) is 18.0. The lowest BCUT2D eigenvalue weighted by Crippen LogP contribution is -2.32. The lowest BCUT2D eigenvalue weighted by molar-refractivity contribution is -0.122. The molecule has 2 aromatic rings. The number of amides is 1. The third kappa shape index (κ3) is 4.43. The summed E-state index contributed by atoms with van der Waals surface area (Å²) in [5.74, 6) is 0.607. The van der Waals surface area contributed by atoms with Crippen molar-refractivity contribution in [2.75, 3.05) is 5.32 Å². The lowest BCUT2D eigenvalue weighted by Gasteiger charge is -2.20. The van der Waals surface area contributed by atoms with Crippen LogP contribution in [0.2, 0.25) is 0 Å². The first-order valence-electron chi connectivity index (χ1n) is 9.25. The number of nitrogens with one attached hydrogen (secondary N) is 1. The second-order valence-electron chi connectivity index (χ2n) is 6.67. The number of ether oxygens (including phenoxy) is 1. The number of anilines is 1. The normalized spacial score (nSPS) is 14.0. The highest BCUT2D eigenvalue weighted by atomic mass is 16.5. The Morgan fingerprint density at radius 2 is 1.88 bits per heavy atom. The molecule has 2 aromatic carbocycles. The van der Waals surface area contributed by atoms with Crippen LogP contribution in [0.5, 0.6) is 5.75 Å². The Hall–Kier alpha value is -2.80. The summed E-state index contributed by atoms with van der Waals surface area (Å²) in [5, 5.41) is 11.6. The second kappa shape index (κ2) is 8.53. The fourth-order valence-electron chi connectivity index (χ4n) is 3.29. The highest BCUT2D eigenvalue weighted by Crippen LogP contribution is 2.26. The van der Waals surface area contributed by atoms with Crippen LogP contribution in [0.15, 0.2) is 42.5 Å². The molecule has 0 radical (unpaired) electrons. The first-order valence-corrected chi connectivity index (χ1v) is 9.25. The number of carbonyl (C=O) groups excluding carboxylic acids is 1. The summed E-state index contributed by atoms with van der Waals surface area (Å²) in [6.07, 6.45) is 5.12. The van der Waals surface area contributed by atoms with Gasteiger partial charge in [0.1, 0.15) is 5.75 Å². The van der Waals surface area contributed by atoms with Crippen LogP contribution in [0.25, 0.3) is 0 Å². The van der Waals surface area contributed by atoms with Gasteiger partial charge in [0.15, 0.2) is 6.10 Å². The number of benzene rings is 2. The maximum Gasteiger partial charge on any atom is 0.265 e. The van der Waals surface area contributed by atoms with Gasteiger partial charge in [0.2, 0.25) is 0 Å². The molecule has 1 N–H and O–H groups in total. The van der Waals surface area contributed by atoms with Crippen LogP contribution in [-0.2, 0) is 24.1 Å². The maximum absolute atomic E-state index is 12.6. The Morgan fingerprint density at radius 3 is 2.58 bits per heavy atom. The van der Waals surface area contributed by atoms with E-state index >= 15 is 0 Å². The highest BCUT2D eigenvalue weighted by molar-refractivity contribution is 5.94. The van der Waals surface area contributed by atoms with Gasteiger partial charge < -0.3 is 10.1 Å². The van der Waals surface area contributed by atoms with Gasteiger partial charge >= 0.3 is 0 Å². The number of fused-ring (bicyclic) bond motifs is 1. The van der Waals surface area contributed by atoms with E-state index in [4.69, 9.17) is 10.00 Å². The average Bonchev–Trinajstić information content (AvgIpc) is 2.67. The Labute approximate surface area is 154 Å². The van der Waals surface area contributed by atoms with Crippen molar-refractivity contribution in [2.45, 2.75) is 51.6 Å². The molecule has 0 spiro atoms. The molecular formula is C22H24N2O2. The number of rotatable bonds is 6. The molecule has 4 heteroatoms. The van der Waals surface area contributed by atoms with E-state index in [1.54, 1.807) is 0 Å². The van der Waals surface area contributed by atoms with Crippen molar-refractivity contribution in [1.82, 2.24) is 0 Å². The molecule has 1 aliphatic rings. The second-order valence-corrected chi connectivity index (χ2v) is 6.67. The van der Waals surface area contributed by atoms with Gasteiger partial charge in [0, 0.05) is 5.69 Å². The molecule has 1 amide bonds. The molecule has 0 unspecified atom stereocenters. The number of hydrogen-bond donors (Lipinski definition) is 1. The van der Waals surface area contributed by atoms with Gasteiger partial charge in [-0.2, -0.15) is 5.26 Å². The standard InChI is InChI=1S/C22H24N2O2/c1-2-21(22(25)24-19-10-7-16(8-11-19)13-14-23)26-20-12-9-17-5-3-4-6-18(17)15-20/h7-12,15,21H,2-6,13H2,1H3,(H,24,25)/t21-/m1/s1. The summed E-state index contributed by atoms with van der Waals surface area (Å²) in [6, 6.07) is 15.6. The van der Waals surface area contributed by atoms with Crippen molar-refractivity contribution >= 4 is 11.6 Å². The lowest BCUT2D eigenvalue weighted by atomic mass is 9.92. The summed E-state index contributed by atoms with van der Waals surface area (Å²) in [7, 11) is 0. The van der Waals surface area contributed by atoms with Crippen molar-refractivity contribution in [3.8, 4) is 11.8 Å². The van der Waals surface area contributed by atoms with Gasteiger partial charge in [0.05, 0.1) is 12.5 Å². The zero-order chi connectivity index (χ0) is 18.4. The predicted molar refractivity (Wildman–Crippen MR) is 102 cm³/mol. The van der Waals surface area contributed by atoms with E-state index < -0.39 is 6.10 Å². The van der Waals surface area contributed by atoms with Crippen LogP contribution in [0.4, 0.5) is 5.69 Å². The largest absolute Gasteiger partial charge is 0.481 e. The van der Waals surface area contributed by atoms with E-state index in [0.717, 1.165) is 24.2 Å². The minimum Gasteiger partial charge on any atom is -0.481 e.